The maximum Gasteiger partial charge on any atom is 0.137 e. The average molecular weight is 86.1 g/mol. The molecule has 0 saturated carbocycles. The summed E-state index contributed by atoms with van der Waals surface area (Å²) < 4.78 is 0. The monoisotopic (exact) mass is 86.0 g/mol. The first-order chi connectivity index (χ1) is 2.81. The standard InChI is InChI=1S/C4H6O2/c1-2-4(6)3-5/h1,4-6H,3H2/t4-/m1/s1. The topological polar surface area (TPSA) is 40.5 Å². The SMILES string of the molecule is C#C[C@@H](O)CO. The van der Waals surface area contributed by atoms with Gasteiger partial charge in [-0.15, -0.1) is 6.42 Å². The van der Waals surface area contributed by atoms with Crippen molar-refractivity contribution < 1.29 is 10.2 Å². The minimum absolute atomic E-state index is 0.351. The number of aliphatic hydroxyl groups excluding tert-OH is 2. The zero-order valence-electron chi connectivity index (χ0n) is 3.26. The number of hydrogen-bond donors (Lipinski definition) is 2. The van der Waals surface area contributed by atoms with Crippen LogP contribution in [0.1, 0.15) is 0 Å². The largest absolute Gasteiger partial charge is 0.393 e. The molecule has 2 heteroatoms. The lowest BCUT2D eigenvalue weighted by atomic mass is 10.4. The van der Waals surface area contributed by atoms with Gasteiger partial charge in [0.2, 0.25) is 0 Å². The van der Waals surface area contributed by atoms with Crippen LogP contribution in [0.2, 0.25) is 0 Å². The van der Waals surface area contributed by atoms with E-state index in [9.17, 15) is 0 Å². The second-order valence-electron chi connectivity index (χ2n) is 0.865. The summed E-state index contributed by atoms with van der Waals surface area (Å²) in [5.41, 5.74) is 0. The van der Waals surface area contributed by atoms with Gasteiger partial charge in [0.05, 0.1) is 6.61 Å². The van der Waals surface area contributed by atoms with Crippen molar-refractivity contribution >= 4 is 0 Å². The van der Waals surface area contributed by atoms with E-state index in [-0.39, 0.29) is 6.61 Å². The molecule has 0 aromatic heterocycles. The van der Waals surface area contributed by atoms with Gasteiger partial charge in [0.25, 0.3) is 0 Å². The Balaban J connectivity index is 3.04. The quantitative estimate of drug-likeness (QED) is 0.401. The molecule has 2 nitrogen and oxygen atoms in total. The van der Waals surface area contributed by atoms with Crippen LogP contribution in [0, 0.1) is 12.3 Å². The molecule has 0 spiro atoms. The lowest BCUT2D eigenvalue weighted by Gasteiger charge is -1.89. The highest BCUT2D eigenvalue weighted by molar-refractivity contribution is 4.92. The van der Waals surface area contributed by atoms with Gasteiger partial charge >= 0.3 is 0 Å². The van der Waals surface area contributed by atoms with Crippen LogP contribution in [-0.2, 0) is 0 Å². The molecule has 0 fully saturated rings. The second-order valence-corrected chi connectivity index (χ2v) is 0.865. The number of aliphatic hydroxyl groups is 2. The van der Waals surface area contributed by atoms with E-state index in [1.807, 2.05) is 5.92 Å². The van der Waals surface area contributed by atoms with Gasteiger partial charge in [-0.05, 0) is 0 Å². The van der Waals surface area contributed by atoms with Crippen LogP contribution < -0.4 is 0 Å². The highest BCUT2D eigenvalue weighted by Gasteiger charge is 1.88. The molecule has 1 atom stereocenters. The van der Waals surface area contributed by atoms with Gasteiger partial charge in [0, 0.05) is 0 Å². The van der Waals surface area contributed by atoms with E-state index in [0.29, 0.717) is 0 Å². The molecular formula is C4H6O2. The van der Waals surface area contributed by atoms with Gasteiger partial charge in [0.1, 0.15) is 6.10 Å². The fraction of sp³-hybridized carbons (Fsp3) is 0.500. The van der Waals surface area contributed by atoms with Crippen LogP contribution in [0.3, 0.4) is 0 Å². The third-order valence-corrected chi connectivity index (χ3v) is 0.365. The van der Waals surface area contributed by atoms with Crippen LogP contribution in [0.4, 0.5) is 0 Å². The van der Waals surface area contributed by atoms with Gasteiger partial charge in [-0.25, -0.2) is 0 Å². The summed E-state index contributed by atoms with van der Waals surface area (Å²) in [5.74, 6) is 1.92. The predicted molar refractivity (Wildman–Crippen MR) is 21.9 cm³/mol. The Morgan fingerprint density at radius 1 is 1.83 bits per heavy atom. The highest BCUT2D eigenvalue weighted by atomic mass is 16.3. The summed E-state index contributed by atoms with van der Waals surface area (Å²) in [6.07, 6.45) is 3.64. The predicted octanol–water partition coefficient (Wildman–Crippen LogP) is -1.03. The number of terminal acetylenes is 1. The molecule has 0 aliphatic rings. The molecule has 0 aliphatic carbocycles. The molecule has 0 rings (SSSR count). The van der Waals surface area contributed by atoms with Crippen molar-refractivity contribution in [3.05, 3.63) is 0 Å². The van der Waals surface area contributed by atoms with Crippen LogP contribution in [-0.4, -0.2) is 22.9 Å². The van der Waals surface area contributed by atoms with Gasteiger partial charge in [-0.1, -0.05) is 5.92 Å². The lowest BCUT2D eigenvalue weighted by Crippen LogP contribution is -2.06. The Hall–Kier alpha value is -0.520. The van der Waals surface area contributed by atoms with Crippen molar-refractivity contribution in [2.75, 3.05) is 6.61 Å². The minimum atomic E-state index is -0.981. The minimum Gasteiger partial charge on any atom is -0.393 e. The van der Waals surface area contributed by atoms with E-state index in [4.69, 9.17) is 10.2 Å². The third kappa shape index (κ3) is 1.77. The van der Waals surface area contributed by atoms with Crippen LogP contribution in [0.25, 0.3) is 0 Å². The van der Waals surface area contributed by atoms with E-state index in [1.165, 1.54) is 0 Å². The molecule has 6 heavy (non-hydrogen) atoms. The van der Waals surface area contributed by atoms with Gasteiger partial charge in [-0.2, -0.15) is 0 Å². The molecule has 0 heterocycles. The molecule has 0 saturated heterocycles. The van der Waals surface area contributed by atoms with Crippen LogP contribution >= 0.6 is 0 Å². The van der Waals surface area contributed by atoms with Gasteiger partial charge < -0.3 is 10.2 Å². The zero-order valence-corrected chi connectivity index (χ0v) is 3.26. The summed E-state index contributed by atoms with van der Waals surface area (Å²) in [5, 5.41) is 16.1. The summed E-state index contributed by atoms with van der Waals surface area (Å²) >= 11 is 0. The molecule has 0 aromatic carbocycles. The van der Waals surface area contributed by atoms with Crippen molar-refractivity contribution in [2.24, 2.45) is 0 Å². The van der Waals surface area contributed by atoms with E-state index >= 15 is 0 Å². The van der Waals surface area contributed by atoms with Crippen LogP contribution in [0.15, 0.2) is 0 Å². The molecule has 2 N–H and O–H groups in total. The number of hydrogen-bond acceptors (Lipinski definition) is 2. The molecule has 0 aliphatic heterocycles. The van der Waals surface area contributed by atoms with Crippen LogP contribution in [0.5, 0.6) is 0 Å². The maximum absolute atomic E-state index is 8.18. The summed E-state index contributed by atoms with van der Waals surface area (Å²) in [6, 6.07) is 0. The molecule has 0 aromatic rings. The third-order valence-electron chi connectivity index (χ3n) is 0.365. The zero-order chi connectivity index (χ0) is 4.99. The fourth-order valence-corrected chi connectivity index (χ4v) is 0.0527. The molecule has 0 amide bonds. The van der Waals surface area contributed by atoms with Gasteiger partial charge in [0.15, 0.2) is 0 Å². The van der Waals surface area contributed by atoms with Crippen molar-refractivity contribution in [3.63, 3.8) is 0 Å². The lowest BCUT2D eigenvalue weighted by molar-refractivity contribution is 0.138. The molecule has 34 valence electrons. The summed E-state index contributed by atoms with van der Waals surface area (Å²) in [6.45, 7) is -0.351. The Morgan fingerprint density at radius 2 is 2.33 bits per heavy atom. The molecule has 0 radical (unpaired) electrons. The highest BCUT2D eigenvalue weighted by Crippen LogP contribution is 1.69. The Morgan fingerprint density at radius 3 is 2.33 bits per heavy atom. The van der Waals surface area contributed by atoms with Crippen molar-refractivity contribution in [1.29, 1.82) is 0 Å². The smallest absolute Gasteiger partial charge is 0.137 e. The summed E-state index contributed by atoms with van der Waals surface area (Å²) in [4.78, 5) is 0. The van der Waals surface area contributed by atoms with Crippen molar-refractivity contribution in [1.82, 2.24) is 0 Å². The summed E-state index contributed by atoms with van der Waals surface area (Å²) in [7, 11) is 0. The Bertz CT molecular complexity index is 62.4. The van der Waals surface area contributed by atoms with E-state index in [1.54, 1.807) is 0 Å². The van der Waals surface area contributed by atoms with Gasteiger partial charge in [-0.3, -0.25) is 0 Å². The fourth-order valence-electron chi connectivity index (χ4n) is 0.0527. The van der Waals surface area contributed by atoms with E-state index in [0.717, 1.165) is 0 Å². The number of rotatable bonds is 1. The maximum atomic E-state index is 8.18. The Labute approximate surface area is 36.4 Å². The average Bonchev–Trinajstić information content (AvgIpc) is 1.65. The van der Waals surface area contributed by atoms with Crippen molar-refractivity contribution in [2.45, 2.75) is 6.10 Å². The second kappa shape index (κ2) is 2.70. The first kappa shape index (κ1) is 5.48. The normalized spacial score (nSPS) is 12.8. The molecule has 0 bridgehead atoms. The van der Waals surface area contributed by atoms with E-state index in [2.05, 4.69) is 6.42 Å². The molecule has 0 unspecified atom stereocenters. The first-order valence-corrected chi connectivity index (χ1v) is 1.56. The van der Waals surface area contributed by atoms with Crippen molar-refractivity contribution in [3.8, 4) is 12.3 Å². The first-order valence-electron chi connectivity index (χ1n) is 1.56. The Kier molecular flexibility index (Phi) is 2.47. The molecular weight excluding hydrogens is 80.0 g/mol. The van der Waals surface area contributed by atoms with E-state index < -0.39 is 6.10 Å².